The summed E-state index contributed by atoms with van der Waals surface area (Å²) in [6.45, 7) is 9.46. The van der Waals surface area contributed by atoms with Crippen molar-refractivity contribution in [3.05, 3.63) is 186 Å². The van der Waals surface area contributed by atoms with Crippen molar-refractivity contribution in [1.82, 2.24) is 0 Å². The van der Waals surface area contributed by atoms with Crippen LogP contribution in [0.2, 0.25) is 0 Å². The number of fused-ring (bicyclic) bond motifs is 11. The molecule has 0 saturated carbocycles. The Morgan fingerprint density at radius 2 is 0.852 bits per heavy atom. The van der Waals surface area contributed by atoms with Crippen LogP contribution in [-0.4, -0.2) is 0 Å². The normalized spacial score (nSPS) is 14.6. The molecule has 8 aromatic carbocycles. The maximum atomic E-state index is 6.59. The van der Waals surface area contributed by atoms with E-state index in [0.29, 0.717) is 0 Å². The lowest BCUT2D eigenvalue weighted by atomic mass is 9.82. The fraction of sp³-hybridized carbons (Fsp3) is 0.115. The summed E-state index contributed by atoms with van der Waals surface area (Å²) >= 11 is 0. The Morgan fingerprint density at radius 3 is 1.48 bits per heavy atom. The molecule has 0 atom stereocenters. The van der Waals surface area contributed by atoms with Crippen molar-refractivity contribution in [3.8, 4) is 33.4 Å². The van der Waals surface area contributed by atoms with Crippen molar-refractivity contribution >= 4 is 49.8 Å². The molecule has 0 radical (unpaired) electrons. The van der Waals surface area contributed by atoms with Crippen LogP contribution in [0.1, 0.15) is 49.9 Å². The van der Waals surface area contributed by atoms with Crippen LogP contribution in [0.15, 0.2) is 168 Å². The van der Waals surface area contributed by atoms with Gasteiger partial charge in [0.25, 0.3) is 0 Å². The summed E-state index contributed by atoms with van der Waals surface area (Å²) in [7, 11) is 0. The molecule has 0 N–H and O–H groups in total. The molecule has 0 spiro atoms. The number of hydrogen-bond acceptors (Lipinski definition) is 2. The summed E-state index contributed by atoms with van der Waals surface area (Å²) in [5, 5.41) is 4.72. The van der Waals surface area contributed by atoms with E-state index in [1.807, 2.05) is 6.07 Å². The molecule has 1 aromatic heterocycles. The van der Waals surface area contributed by atoms with Crippen LogP contribution in [0, 0.1) is 0 Å². The number of anilines is 3. The molecule has 11 rings (SSSR count). The number of nitrogens with zero attached hydrogens (tertiary/aromatic N) is 1. The minimum atomic E-state index is -0.128. The monoisotopic (exact) mass is 693 g/mol. The minimum absolute atomic E-state index is 0.128. The highest BCUT2D eigenvalue weighted by Crippen LogP contribution is 2.54. The van der Waals surface area contributed by atoms with Crippen LogP contribution in [-0.2, 0) is 10.8 Å². The van der Waals surface area contributed by atoms with Crippen molar-refractivity contribution in [2.24, 2.45) is 0 Å². The second-order valence-electron chi connectivity index (χ2n) is 16.1. The van der Waals surface area contributed by atoms with Crippen LogP contribution in [0.3, 0.4) is 0 Å². The summed E-state index contributed by atoms with van der Waals surface area (Å²) in [5.41, 5.74) is 18.0. The second-order valence-corrected chi connectivity index (χ2v) is 16.1. The Kier molecular flexibility index (Phi) is 6.39. The predicted molar refractivity (Wildman–Crippen MR) is 226 cm³/mol. The van der Waals surface area contributed by atoms with E-state index in [1.54, 1.807) is 0 Å². The van der Waals surface area contributed by atoms with Gasteiger partial charge in [0.15, 0.2) is 0 Å². The van der Waals surface area contributed by atoms with Gasteiger partial charge in [0.05, 0.1) is 5.69 Å². The van der Waals surface area contributed by atoms with E-state index in [2.05, 4.69) is 190 Å². The molecule has 54 heavy (non-hydrogen) atoms. The molecular weight excluding hydrogens is 655 g/mol. The third-order valence-electron chi connectivity index (χ3n) is 12.5. The van der Waals surface area contributed by atoms with Gasteiger partial charge < -0.3 is 9.32 Å². The lowest BCUT2D eigenvalue weighted by Crippen LogP contribution is -2.18. The van der Waals surface area contributed by atoms with Gasteiger partial charge in [-0.1, -0.05) is 149 Å². The fourth-order valence-electron chi connectivity index (χ4n) is 9.80. The average molecular weight is 694 g/mol. The number of benzene rings is 8. The van der Waals surface area contributed by atoms with E-state index in [9.17, 15) is 0 Å². The third-order valence-corrected chi connectivity index (χ3v) is 12.5. The molecule has 0 bridgehead atoms. The van der Waals surface area contributed by atoms with Gasteiger partial charge in [-0.15, -0.1) is 0 Å². The zero-order valence-electron chi connectivity index (χ0n) is 30.9. The third kappa shape index (κ3) is 4.23. The topological polar surface area (TPSA) is 16.4 Å². The van der Waals surface area contributed by atoms with Crippen LogP contribution < -0.4 is 4.90 Å². The molecular formula is C52H39NO. The minimum Gasteiger partial charge on any atom is -0.456 e. The Balaban J connectivity index is 1.18. The summed E-state index contributed by atoms with van der Waals surface area (Å²) in [6, 6.07) is 60.4. The molecule has 9 aromatic rings. The molecule has 2 heteroatoms. The van der Waals surface area contributed by atoms with E-state index in [4.69, 9.17) is 4.42 Å². The highest BCUT2D eigenvalue weighted by atomic mass is 16.3. The maximum Gasteiger partial charge on any atom is 0.136 e. The Bertz CT molecular complexity index is 2910. The molecule has 2 nitrogen and oxygen atoms in total. The standard InChI is InChI=1S/C52H39NO/c1-51(2)43-21-11-7-16-35(43)37-27-25-32(29-45(37)51)53(33-26-28-38-36-17-8-12-22-44(36)52(3,4)46(38)30-33)47-23-13-9-18-39(47)42-31-49-50(40-19-6-5-15-34(40)42)41-20-10-14-24-48(41)54-49/h5-31H,1-4H3. The largest absolute Gasteiger partial charge is 0.456 e. The molecule has 2 aliphatic carbocycles. The van der Waals surface area contributed by atoms with E-state index in [-0.39, 0.29) is 10.8 Å². The fourth-order valence-corrected chi connectivity index (χ4v) is 9.80. The second kappa shape index (κ2) is 11.1. The van der Waals surface area contributed by atoms with Crippen LogP contribution in [0.4, 0.5) is 17.1 Å². The van der Waals surface area contributed by atoms with E-state index < -0.39 is 0 Å². The lowest BCUT2D eigenvalue weighted by Gasteiger charge is -2.31. The SMILES string of the molecule is CC1(C)c2ccccc2-c2ccc(N(c3ccc4c(c3)C(C)(C)c3ccccc3-4)c3ccccc3-c3cc4oc5ccccc5c4c4ccccc34)cc21. The molecule has 0 amide bonds. The van der Waals surface area contributed by atoms with Gasteiger partial charge in [-0.25, -0.2) is 0 Å². The molecule has 0 aliphatic heterocycles. The summed E-state index contributed by atoms with van der Waals surface area (Å²) in [4.78, 5) is 2.49. The number of para-hydroxylation sites is 2. The summed E-state index contributed by atoms with van der Waals surface area (Å²) < 4.78 is 6.59. The van der Waals surface area contributed by atoms with Crippen molar-refractivity contribution < 1.29 is 4.42 Å². The van der Waals surface area contributed by atoms with Gasteiger partial charge in [0.1, 0.15) is 11.2 Å². The highest BCUT2D eigenvalue weighted by Gasteiger charge is 2.38. The van der Waals surface area contributed by atoms with E-state index in [0.717, 1.165) is 44.7 Å². The first kappa shape index (κ1) is 31.2. The predicted octanol–water partition coefficient (Wildman–Crippen LogP) is 14.5. The van der Waals surface area contributed by atoms with Gasteiger partial charge in [0, 0.05) is 38.5 Å². The molecule has 2 aliphatic rings. The number of rotatable bonds is 4. The first-order valence-corrected chi connectivity index (χ1v) is 19.0. The van der Waals surface area contributed by atoms with E-state index in [1.165, 1.54) is 60.7 Å². The van der Waals surface area contributed by atoms with Gasteiger partial charge >= 0.3 is 0 Å². The Hall–Kier alpha value is -6.38. The average Bonchev–Trinajstić information content (AvgIpc) is 3.78. The zero-order valence-corrected chi connectivity index (χ0v) is 30.9. The van der Waals surface area contributed by atoms with Gasteiger partial charge in [-0.2, -0.15) is 0 Å². The van der Waals surface area contributed by atoms with Crippen LogP contribution >= 0.6 is 0 Å². The van der Waals surface area contributed by atoms with Gasteiger partial charge in [-0.05, 0) is 103 Å². The summed E-state index contributed by atoms with van der Waals surface area (Å²) in [5.74, 6) is 0. The van der Waals surface area contributed by atoms with Crippen LogP contribution in [0.25, 0.3) is 66.1 Å². The molecule has 0 fully saturated rings. The zero-order chi connectivity index (χ0) is 36.3. The molecule has 0 saturated heterocycles. The molecule has 0 unspecified atom stereocenters. The van der Waals surface area contributed by atoms with Gasteiger partial charge in [0.2, 0.25) is 0 Å². The van der Waals surface area contributed by atoms with Crippen molar-refractivity contribution in [3.63, 3.8) is 0 Å². The number of furan rings is 1. The molecule has 258 valence electrons. The Labute approximate surface area is 315 Å². The maximum absolute atomic E-state index is 6.59. The highest BCUT2D eigenvalue weighted by molar-refractivity contribution is 6.22. The molecule has 1 heterocycles. The first-order valence-electron chi connectivity index (χ1n) is 19.0. The van der Waals surface area contributed by atoms with Crippen LogP contribution in [0.5, 0.6) is 0 Å². The van der Waals surface area contributed by atoms with Crippen molar-refractivity contribution in [2.45, 2.75) is 38.5 Å². The Morgan fingerprint density at radius 1 is 0.370 bits per heavy atom. The van der Waals surface area contributed by atoms with Crippen molar-refractivity contribution in [2.75, 3.05) is 4.90 Å². The van der Waals surface area contributed by atoms with Gasteiger partial charge in [-0.3, -0.25) is 0 Å². The smallest absolute Gasteiger partial charge is 0.136 e. The number of hydrogen-bond donors (Lipinski definition) is 0. The summed E-state index contributed by atoms with van der Waals surface area (Å²) in [6.07, 6.45) is 0. The van der Waals surface area contributed by atoms with Crippen molar-refractivity contribution in [1.29, 1.82) is 0 Å². The lowest BCUT2D eigenvalue weighted by molar-refractivity contribution is 0.660. The quantitative estimate of drug-likeness (QED) is 0.182. The first-order chi connectivity index (χ1) is 26.3. The van der Waals surface area contributed by atoms with E-state index >= 15 is 0 Å².